The molecule has 0 aromatic heterocycles. The normalized spacial score (nSPS) is 20.9. The first-order chi connectivity index (χ1) is 13.9. The van der Waals surface area contributed by atoms with Gasteiger partial charge < -0.3 is 14.8 Å². The van der Waals surface area contributed by atoms with Gasteiger partial charge in [0.1, 0.15) is 0 Å². The van der Waals surface area contributed by atoms with Gasteiger partial charge in [0.15, 0.2) is 11.5 Å². The van der Waals surface area contributed by atoms with Crippen LogP contribution in [0.3, 0.4) is 0 Å². The van der Waals surface area contributed by atoms with Crippen LogP contribution < -0.4 is 19.1 Å². The van der Waals surface area contributed by atoms with E-state index in [1.165, 1.54) is 4.31 Å². The van der Waals surface area contributed by atoms with Crippen LogP contribution in [0.2, 0.25) is 0 Å². The van der Waals surface area contributed by atoms with E-state index in [1.807, 2.05) is 6.07 Å². The minimum Gasteiger partial charge on any atom is -0.448 e. The lowest BCUT2D eigenvalue weighted by Gasteiger charge is -2.21. The molecule has 8 heteroatoms. The molecular weight excluding hydrogens is 392 g/mol. The standard InChI is InChI=1S/C21H22N2O5S/c24-20(15-5-3-6-17(13-15)23-11-4-12-29(23,25)26)22-16-7-8-18-19(14-16)28-21(27-18)9-1-2-10-21/h3,5-8,13-14H,1-2,4,9-12H2,(H,22,24). The van der Waals surface area contributed by atoms with Gasteiger partial charge in [-0.3, -0.25) is 9.10 Å². The average Bonchev–Trinajstić information content (AvgIpc) is 3.39. The fraction of sp³-hybridized carbons (Fsp3) is 0.381. The van der Waals surface area contributed by atoms with Crippen LogP contribution in [0.25, 0.3) is 0 Å². The Kier molecular flexibility index (Phi) is 4.20. The molecule has 0 radical (unpaired) electrons. The molecule has 1 amide bonds. The molecule has 1 spiro atoms. The van der Waals surface area contributed by atoms with E-state index < -0.39 is 15.8 Å². The maximum absolute atomic E-state index is 12.7. The highest BCUT2D eigenvalue weighted by Crippen LogP contribution is 2.47. The zero-order valence-electron chi connectivity index (χ0n) is 15.9. The van der Waals surface area contributed by atoms with Crippen LogP contribution in [0, 0.1) is 0 Å². The van der Waals surface area contributed by atoms with E-state index in [0.29, 0.717) is 41.4 Å². The van der Waals surface area contributed by atoms with Crippen LogP contribution >= 0.6 is 0 Å². The highest BCUT2D eigenvalue weighted by molar-refractivity contribution is 7.93. The molecule has 152 valence electrons. The van der Waals surface area contributed by atoms with Crippen molar-refractivity contribution in [3.8, 4) is 11.5 Å². The summed E-state index contributed by atoms with van der Waals surface area (Å²) in [6, 6.07) is 12.0. The predicted molar refractivity (Wildman–Crippen MR) is 109 cm³/mol. The fourth-order valence-corrected chi connectivity index (χ4v) is 5.78. The van der Waals surface area contributed by atoms with E-state index in [9.17, 15) is 13.2 Å². The van der Waals surface area contributed by atoms with Crippen LogP contribution in [0.1, 0.15) is 42.5 Å². The van der Waals surface area contributed by atoms with Crippen molar-refractivity contribution in [2.45, 2.75) is 37.9 Å². The van der Waals surface area contributed by atoms with Crippen molar-refractivity contribution in [1.29, 1.82) is 0 Å². The van der Waals surface area contributed by atoms with Gasteiger partial charge in [-0.15, -0.1) is 0 Å². The second-order valence-corrected chi connectivity index (χ2v) is 9.74. The van der Waals surface area contributed by atoms with Gasteiger partial charge in [-0.05, 0) is 49.6 Å². The summed E-state index contributed by atoms with van der Waals surface area (Å²) in [5, 5.41) is 2.86. The first-order valence-corrected chi connectivity index (χ1v) is 11.5. The van der Waals surface area contributed by atoms with Crippen molar-refractivity contribution in [2.24, 2.45) is 0 Å². The van der Waals surface area contributed by atoms with E-state index in [4.69, 9.17) is 9.47 Å². The maximum atomic E-state index is 12.7. The van der Waals surface area contributed by atoms with Gasteiger partial charge in [0.2, 0.25) is 10.0 Å². The summed E-state index contributed by atoms with van der Waals surface area (Å²) in [4.78, 5) is 12.7. The Morgan fingerprint density at radius 3 is 2.55 bits per heavy atom. The monoisotopic (exact) mass is 414 g/mol. The Bertz CT molecular complexity index is 1080. The first kappa shape index (κ1) is 18.3. The summed E-state index contributed by atoms with van der Waals surface area (Å²) < 4.78 is 37.7. The number of hydrogen-bond acceptors (Lipinski definition) is 5. The summed E-state index contributed by atoms with van der Waals surface area (Å²) in [6.45, 7) is 0.442. The molecule has 2 aromatic carbocycles. The molecule has 29 heavy (non-hydrogen) atoms. The number of benzene rings is 2. The minimum atomic E-state index is -3.29. The molecule has 0 atom stereocenters. The first-order valence-electron chi connectivity index (χ1n) is 9.88. The van der Waals surface area contributed by atoms with Crippen molar-refractivity contribution < 1.29 is 22.7 Å². The summed E-state index contributed by atoms with van der Waals surface area (Å²) in [7, 11) is -3.29. The lowest BCUT2D eigenvalue weighted by atomic mass is 10.1. The number of rotatable bonds is 3. The third-order valence-corrected chi connectivity index (χ3v) is 7.52. The Labute approximate surface area is 169 Å². The zero-order valence-corrected chi connectivity index (χ0v) is 16.7. The van der Waals surface area contributed by atoms with Gasteiger partial charge in [0, 0.05) is 36.7 Å². The van der Waals surface area contributed by atoms with E-state index >= 15 is 0 Å². The van der Waals surface area contributed by atoms with Crippen molar-refractivity contribution in [2.75, 3.05) is 21.9 Å². The van der Waals surface area contributed by atoms with Crippen molar-refractivity contribution in [3.05, 3.63) is 48.0 Å². The van der Waals surface area contributed by atoms with Crippen molar-refractivity contribution in [3.63, 3.8) is 0 Å². The summed E-state index contributed by atoms with van der Waals surface area (Å²) in [6.07, 6.45) is 4.50. The van der Waals surface area contributed by atoms with Crippen molar-refractivity contribution in [1.82, 2.24) is 0 Å². The van der Waals surface area contributed by atoms with Gasteiger partial charge in [-0.1, -0.05) is 6.07 Å². The number of nitrogens with zero attached hydrogens (tertiary/aromatic N) is 1. The van der Waals surface area contributed by atoms with Gasteiger partial charge >= 0.3 is 0 Å². The Balaban J connectivity index is 1.34. The molecule has 2 heterocycles. The molecule has 0 unspecified atom stereocenters. The third-order valence-electron chi connectivity index (χ3n) is 5.65. The highest BCUT2D eigenvalue weighted by atomic mass is 32.2. The summed E-state index contributed by atoms with van der Waals surface area (Å²) in [5.41, 5.74) is 1.52. The van der Waals surface area contributed by atoms with E-state index in [1.54, 1.807) is 36.4 Å². The molecule has 1 N–H and O–H groups in total. The van der Waals surface area contributed by atoms with Crippen LogP contribution in [0.4, 0.5) is 11.4 Å². The minimum absolute atomic E-state index is 0.141. The molecule has 1 saturated carbocycles. The topological polar surface area (TPSA) is 84.9 Å². The second kappa shape index (κ2) is 6.66. The Morgan fingerprint density at radius 2 is 1.79 bits per heavy atom. The van der Waals surface area contributed by atoms with E-state index in [0.717, 1.165) is 25.7 Å². The van der Waals surface area contributed by atoms with Gasteiger partial charge in [0.05, 0.1) is 11.4 Å². The quantitative estimate of drug-likeness (QED) is 0.831. The van der Waals surface area contributed by atoms with Crippen LogP contribution in [-0.2, 0) is 10.0 Å². The highest BCUT2D eigenvalue weighted by Gasteiger charge is 2.44. The van der Waals surface area contributed by atoms with Gasteiger partial charge in [-0.25, -0.2) is 8.42 Å². The molecule has 1 saturated heterocycles. The van der Waals surface area contributed by atoms with E-state index in [2.05, 4.69) is 5.32 Å². The molecule has 2 aliphatic heterocycles. The second-order valence-electron chi connectivity index (χ2n) is 7.73. The van der Waals surface area contributed by atoms with Crippen LogP contribution in [0.5, 0.6) is 11.5 Å². The number of ether oxygens (including phenoxy) is 2. The Hall–Kier alpha value is -2.74. The molecule has 2 aromatic rings. The number of fused-ring (bicyclic) bond motifs is 1. The molecule has 7 nitrogen and oxygen atoms in total. The molecule has 5 rings (SSSR count). The molecule has 1 aliphatic carbocycles. The van der Waals surface area contributed by atoms with Crippen molar-refractivity contribution >= 4 is 27.3 Å². The molecule has 0 bridgehead atoms. The average molecular weight is 414 g/mol. The van der Waals surface area contributed by atoms with Gasteiger partial charge in [0.25, 0.3) is 11.7 Å². The SMILES string of the molecule is O=C(Nc1ccc2c(c1)OC1(CCCC1)O2)c1cccc(N2CCCS2(=O)=O)c1. The maximum Gasteiger partial charge on any atom is 0.255 e. The predicted octanol–water partition coefficient (Wildman–Crippen LogP) is 3.52. The number of carbonyl (C=O) groups is 1. The summed E-state index contributed by atoms with van der Waals surface area (Å²) in [5.74, 6) is 0.633. The molecule has 3 aliphatic rings. The number of anilines is 2. The number of carbonyl (C=O) groups excluding carboxylic acids is 1. The lowest BCUT2D eigenvalue weighted by molar-refractivity contribution is -0.0716. The Morgan fingerprint density at radius 1 is 1.00 bits per heavy atom. The lowest BCUT2D eigenvalue weighted by Crippen LogP contribution is -2.34. The molecular formula is C21H22N2O5S. The number of nitrogens with one attached hydrogen (secondary N) is 1. The number of hydrogen-bond donors (Lipinski definition) is 1. The summed E-state index contributed by atoms with van der Waals surface area (Å²) >= 11 is 0. The fourth-order valence-electron chi connectivity index (χ4n) is 4.22. The zero-order chi connectivity index (χ0) is 20.1. The largest absolute Gasteiger partial charge is 0.448 e. The molecule has 2 fully saturated rings. The smallest absolute Gasteiger partial charge is 0.255 e. The number of sulfonamides is 1. The van der Waals surface area contributed by atoms with Crippen LogP contribution in [-0.4, -0.2) is 32.4 Å². The van der Waals surface area contributed by atoms with Crippen LogP contribution in [0.15, 0.2) is 42.5 Å². The van der Waals surface area contributed by atoms with Gasteiger partial charge in [-0.2, -0.15) is 0 Å². The third kappa shape index (κ3) is 3.31. The van der Waals surface area contributed by atoms with E-state index in [-0.39, 0.29) is 11.7 Å². The number of amides is 1.